The number of nitro benzene ring substituents is 1. The highest BCUT2D eigenvalue weighted by molar-refractivity contribution is 7.89. The van der Waals surface area contributed by atoms with Crippen LogP contribution in [0.3, 0.4) is 0 Å². The zero-order chi connectivity index (χ0) is 14.8. The van der Waals surface area contributed by atoms with Crippen LogP contribution in [0.1, 0.15) is 20.8 Å². The number of nitrogens with two attached hydrogens (primary N) is 1. The van der Waals surface area contributed by atoms with Crippen LogP contribution in [0.2, 0.25) is 0 Å². The summed E-state index contributed by atoms with van der Waals surface area (Å²) in [6.07, 6.45) is 0. The van der Waals surface area contributed by atoms with E-state index >= 15 is 0 Å². The molecule has 0 heterocycles. The van der Waals surface area contributed by atoms with E-state index in [2.05, 4.69) is 10.1 Å². The van der Waals surface area contributed by atoms with Crippen molar-refractivity contribution in [1.29, 1.82) is 0 Å². The molecule has 9 heteroatoms. The molecule has 4 N–H and O–H groups in total. The molecule has 0 fully saturated rings. The predicted molar refractivity (Wildman–Crippen MR) is 71.0 cm³/mol. The van der Waals surface area contributed by atoms with Gasteiger partial charge >= 0.3 is 5.69 Å². The van der Waals surface area contributed by atoms with E-state index in [4.69, 9.17) is 5.84 Å². The first-order valence-electron chi connectivity index (χ1n) is 5.36. The Balaban J connectivity index is 3.47. The van der Waals surface area contributed by atoms with Gasteiger partial charge in [0.05, 0.1) is 4.92 Å². The molecule has 1 aromatic rings. The number of hydrogen-bond acceptors (Lipinski definition) is 6. The molecule has 106 valence electrons. The second-order valence-corrected chi connectivity index (χ2v) is 6.56. The summed E-state index contributed by atoms with van der Waals surface area (Å²) in [6, 6.07) is 3.86. The fraction of sp³-hybridized carbons (Fsp3) is 0.400. The topological polar surface area (TPSA) is 127 Å². The standard InChI is InChI=1S/C10H16N4O4S/c1-10(2,3)13-19(17,18)8-6-4-5-7(12-11)9(8)14(15)16/h4-6,12-13H,11H2,1-3H3. The van der Waals surface area contributed by atoms with Crippen LogP contribution in [0.15, 0.2) is 23.1 Å². The van der Waals surface area contributed by atoms with Gasteiger partial charge < -0.3 is 5.43 Å². The van der Waals surface area contributed by atoms with E-state index in [0.717, 1.165) is 6.07 Å². The van der Waals surface area contributed by atoms with Gasteiger partial charge in [-0.3, -0.25) is 16.0 Å². The summed E-state index contributed by atoms with van der Waals surface area (Å²) in [6.45, 7) is 4.92. The van der Waals surface area contributed by atoms with Gasteiger partial charge in [-0.1, -0.05) is 6.07 Å². The molecule has 0 saturated carbocycles. The van der Waals surface area contributed by atoms with E-state index in [9.17, 15) is 18.5 Å². The average Bonchev–Trinajstić information content (AvgIpc) is 2.24. The van der Waals surface area contributed by atoms with Crippen molar-refractivity contribution in [3.8, 4) is 0 Å². The minimum atomic E-state index is -4.01. The number of nitrogen functional groups attached to an aromatic ring is 1. The monoisotopic (exact) mass is 288 g/mol. The second kappa shape index (κ2) is 5.11. The molecule has 0 aromatic heterocycles. The van der Waals surface area contributed by atoms with Crippen molar-refractivity contribution in [3.63, 3.8) is 0 Å². The number of nitrogens with zero attached hydrogens (tertiary/aromatic N) is 1. The van der Waals surface area contributed by atoms with E-state index in [-0.39, 0.29) is 5.69 Å². The molecule has 0 spiro atoms. The molecule has 19 heavy (non-hydrogen) atoms. The third-order valence-electron chi connectivity index (χ3n) is 2.07. The van der Waals surface area contributed by atoms with Gasteiger partial charge in [0, 0.05) is 5.54 Å². The SMILES string of the molecule is CC(C)(C)NS(=O)(=O)c1cccc(NN)c1[N+](=O)[O-]. The number of nitro groups is 1. The minimum Gasteiger partial charge on any atom is -0.318 e. The van der Waals surface area contributed by atoms with Crippen LogP contribution in [-0.4, -0.2) is 18.9 Å². The third-order valence-corrected chi connectivity index (χ3v) is 3.86. The second-order valence-electron chi connectivity index (χ2n) is 4.91. The largest absolute Gasteiger partial charge is 0.318 e. The summed E-state index contributed by atoms with van der Waals surface area (Å²) in [5.74, 6) is 5.16. The van der Waals surface area contributed by atoms with Crippen molar-refractivity contribution in [2.75, 3.05) is 5.43 Å². The fourth-order valence-electron chi connectivity index (χ4n) is 1.50. The molecule has 0 radical (unpaired) electrons. The van der Waals surface area contributed by atoms with Crippen LogP contribution < -0.4 is 16.0 Å². The third kappa shape index (κ3) is 3.63. The molecule has 0 saturated heterocycles. The Hall–Kier alpha value is -1.71. The molecule has 1 aromatic carbocycles. The van der Waals surface area contributed by atoms with Crippen molar-refractivity contribution in [2.45, 2.75) is 31.2 Å². The summed E-state index contributed by atoms with van der Waals surface area (Å²) >= 11 is 0. The first-order chi connectivity index (χ1) is 8.58. The summed E-state index contributed by atoms with van der Waals surface area (Å²) in [5.41, 5.74) is 0.718. The van der Waals surface area contributed by atoms with E-state index in [1.807, 2.05) is 0 Å². The van der Waals surface area contributed by atoms with Crippen molar-refractivity contribution in [1.82, 2.24) is 4.72 Å². The van der Waals surface area contributed by atoms with Gasteiger partial charge in [0.15, 0.2) is 4.90 Å². The number of para-hydroxylation sites is 1. The van der Waals surface area contributed by atoms with Gasteiger partial charge in [0.25, 0.3) is 0 Å². The summed E-state index contributed by atoms with van der Waals surface area (Å²) in [5, 5.41) is 11.0. The van der Waals surface area contributed by atoms with Crippen LogP contribution in [0.5, 0.6) is 0 Å². The van der Waals surface area contributed by atoms with Gasteiger partial charge in [-0.2, -0.15) is 0 Å². The summed E-state index contributed by atoms with van der Waals surface area (Å²) < 4.78 is 26.7. The lowest BCUT2D eigenvalue weighted by atomic mass is 10.1. The molecule has 1 rings (SSSR count). The average molecular weight is 288 g/mol. The highest BCUT2D eigenvalue weighted by atomic mass is 32.2. The Morgan fingerprint density at radius 2 is 1.89 bits per heavy atom. The van der Waals surface area contributed by atoms with Gasteiger partial charge in [0.2, 0.25) is 10.0 Å². The zero-order valence-corrected chi connectivity index (χ0v) is 11.6. The number of hydrazine groups is 1. The molecule has 0 unspecified atom stereocenters. The Morgan fingerprint density at radius 3 is 2.32 bits per heavy atom. The van der Waals surface area contributed by atoms with Crippen molar-refractivity contribution in [3.05, 3.63) is 28.3 Å². The van der Waals surface area contributed by atoms with Gasteiger partial charge in [-0.15, -0.1) is 0 Å². The first-order valence-corrected chi connectivity index (χ1v) is 6.85. The van der Waals surface area contributed by atoms with Gasteiger partial charge in [-0.05, 0) is 32.9 Å². The van der Waals surface area contributed by atoms with Crippen LogP contribution in [0.25, 0.3) is 0 Å². The number of sulfonamides is 1. The van der Waals surface area contributed by atoms with E-state index in [0.29, 0.717) is 0 Å². The van der Waals surface area contributed by atoms with Gasteiger partial charge in [-0.25, -0.2) is 13.1 Å². The number of benzene rings is 1. The maximum absolute atomic E-state index is 12.2. The summed E-state index contributed by atoms with van der Waals surface area (Å²) in [7, 11) is -4.01. The number of hydrogen-bond donors (Lipinski definition) is 3. The normalized spacial score (nSPS) is 12.2. The number of nitrogens with one attached hydrogen (secondary N) is 2. The predicted octanol–water partition coefficient (Wildman–Crippen LogP) is 0.957. The number of anilines is 1. The molecule has 0 aliphatic carbocycles. The highest BCUT2D eigenvalue weighted by Crippen LogP contribution is 2.31. The van der Waals surface area contributed by atoms with Crippen molar-refractivity contribution < 1.29 is 13.3 Å². The van der Waals surface area contributed by atoms with Crippen LogP contribution in [-0.2, 0) is 10.0 Å². The Bertz CT molecular complexity index is 592. The Kier molecular flexibility index (Phi) is 4.13. The smallest absolute Gasteiger partial charge is 0.313 e. The molecule has 0 atom stereocenters. The molecule has 8 nitrogen and oxygen atoms in total. The molecular formula is C10H16N4O4S. The molecule has 0 amide bonds. The maximum atomic E-state index is 12.2. The van der Waals surface area contributed by atoms with E-state index < -0.39 is 31.1 Å². The molecule has 0 aliphatic heterocycles. The van der Waals surface area contributed by atoms with Crippen molar-refractivity contribution in [2.24, 2.45) is 5.84 Å². The van der Waals surface area contributed by atoms with Crippen LogP contribution >= 0.6 is 0 Å². The van der Waals surface area contributed by atoms with Crippen LogP contribution in [0, 0.1) is 10.1 Å². The molecule has 0 bridgehead atoms. The highest BCUT2D eigenvalue weighted by Gasteiger charge is 2.31. The molecule has 0 aliphatic rings. The van der Waals surface area contributed by atoms with Gasteiger partial charge in [0.1, 0.15) is 5.69 Å². The number of rotatable bonds is 4. The first kappa shape index (κ1) is 15.3. The van der Waals surface area contributed by atoms with Crippen molar-refractivity contribution >= 4 is 21.4 Å². The Labute approximate surface area is 111 Å². The lowest BCUT2D eigenvalue weighted by Crippen LogP contribution is -2.40. The van der Waals surface area contributed by atoms with E-state index in [1.54, 1.807) is 20.8 Å². The lowest BCUT2D eigenvalue weighted by molar-refractivity contribution is -0.386. The maximum Gasteiger partial charge on any atom is 0.313 e. The van der Waals surface area contributed by atoms with E-state index in [1.165, 1.54) is 12.1 Å². The van der Waals surface area contributed by atoms with Crippen LogP contribution in [0.4, 0.5) is 11.4 Å². The molecular weight excluding hydrogens is 272 g/mol. The fourth-order valence-corrected chi connectivity index (χ4v) is 3.11. The Morgan fingerprint density at radius 1 is 1.32 bits per heavy atom. The zero-order valence-electron chi connectivity index (χ0n) is 10.8. The summed E-state index contributed by atoms with van der Waals surface area (Å²) in [4.78, 5) is 9.82. The quantitative estimate of drug-likeness (QED) is 0.430. The minimum absolute atomic E-state index is 0.0678. The lowest BCUT2D eigenvalue weighted by Gasteiger charge is -2.20.